The SMILES string of the molecule is Cc1ccnc(N(CCC(=N)N)Cc2cccnc2)c1Br. The summed E-state index contributed by atoms with van der Waals surface area (Å²) in [6, 6.07) is 5.90. The predicted octanol–water partition coefficient (Wildman–Crippen LogP) is 2.88. The highest BCUT2D eigenvalue weighted by Crippen LogP contribution is 2.28. The third-order valence-corrected chi connectivity index (χ3v) is 4.09. The van der Waals surface area contributed by atoms with Crippen molar-refractivity contribution in [1.29, 1.82) is 5.41 Å². The molecule has 3 N–H and O–H groups in total. The van der Waals surface area contributed by atoms with Crippen molar-refractivity contribution in [2.45, 2.75) is 19.9 Å². The minimum Gasteiger partial charge on any atom is -0.388 e. The fraction of sp³-hybridized carbons (Fsp3) is 0.267. The average molecular weight is 348 g/mol. The zero-order valence-electron chi connectivity index (χ0n) is 11.9. The van der Waals surface area contributed by atoms with Crippen LogP contribution >= 0.6 is 15.9 Å². The highest BCUT2D eigenvalue weighted by atomic mass is 79.9. The highest BCUT2D eigenvalue weighted by molar-refractivity contribution is 9.10. The number of amidine groups is 1. The molecule has 0 atom stereocenters. The van der Waals surface area contributed by atoms with Gasteiger partial charge in [0.15, 0.2) is 0 Å². The van der Waals surface area contributed by atoms with Gasteiger partial charge in [-0.05, 0) is 46.1 Å². The smallest absolute Gasteiger partial charge is 0.143 e. The Balaban J connectivity index is 2.27. The zero-order chi connectivity index (χ0) is 15.2. The molecule has 0 amide bonds. The Kier molecular flexibility index (Phi) is 5.27. The lowest BCUT2D eigenvalue weighted by Gasteiger charge is -2.25. The van der Waals surface area contributed by atoms with Gasteiger partial charge in [-0.15, -0.1) is 0 Å². The molecule has 2 rings (SSSR count). The van der Waals surface area contributed by atoms with Gasteiger partial charge >= 0.3 is 0 Å². The van der Waals surface area contributed by atoms with E-state index in [1.165, 1.54) is 0 Å². The van der Waals surface area contributed by atoms with Gasteiger partial charge in [-0.25, -0.2) is 4.98 Å². The van der Waals surface area contributed by atoms with Crippen molar-refractivity contribution in [3.05, 3.63) is 52.4 Å². The molecule has 2 aromatic rings. The lowest BCUT2D eigenvalue weighted by atomic mass is 10.2. The summed E-state index contributed by atoms with van der Waals surface area (Å²) in [5.41, 5.74) is 7.71. The Bertz CT molecular complexity index is 615. The minimum atomic E-state index is 0.176. The van der Waals surface area contributed by atoms with Crippen LogP contribution in [0.25, 0.3) is 0 Å². The number of halogens is 1. The first-order chi connectivity index (χ1) is 10.1. The highest BCUT2D eigenvalue weighted by Gasteiger charge is 2.14. The fourth-order valence-corrected chi connectivity index (χ4v) is 2.46. The molecule has 6 heteroatoms. The van der Waals surface area contributed by atoms with Crippen LogP contribution in [0.4, 0.5) is 5.82 Å². The molecule has 0 aliphatic carbocycles. The molecular weight excluding hydrogens is 330 g/mol. The summed E-state index contributed by atoms with van der Waals surface area (Å²) in [5, 5.41) is 7.43. The van der Waals surface area contributed by atoms with Gasteiger partial charge in [0.2, 0.25) is 0 Å². The Hall–Kier alpha value is -1.95. The first kappa shape index (κ1) is 15.4. The summed E-state index contributed by atoms with van der Waals surface area (Å²) in [5.74, 6) is 1.04. The van der Waals surface area contributed by atoms with Crippen molar-refractivity contribution < 1.29 is 0 Å². The van der Waals surface area contributed by atoms with E-state index in [0.717, 1.165) is 21.4 Å². The van der Waals surface area contributed by atoms with Crippen molar-refractivity contribution in [1.82, 2.24) is 9.97 Å². The van der Waals surface area contributed by atoms with Crippen LogP contribution in [0.15, 0.2) is 41.3 Å². The normalized spacial score (nSPS) is 10.4. The molecule has 21 heavy (non-hydrogen) atoms. The van der Waals surface area contributed by atoms with Crippen molar-refractivity contribution >= 4 is 27.6 Å². The van der Waals surface area contributed by atoms with Crippen LogP contribution < -0.4 is 10.6 Å². The monoisotopic (exact) mass is 347 g/mol. The van der Waals surface area contributed by atoms with Crippen LogP contribution in [-0.2, 0) is 6.54 Å². The number of aromatic nitrogens is 2. The van der Waals surface area contributed by atoms with E-state index in [1.807, 2.05) is 31.3 Å². The number of hydrogen-bond donors (Lipinski definition) is 2. The van der Waals surface area contributed by atoms with Crippen LogP contribution in [0.1, 0.15) is 17.5 Å². The van der Waals surface area contributed by atoms with Gasteiger partial charge < -0.3 is 10.6 Å². The molecule has 0 unspecified atom stereocenters. The molecular formula is C15H18BrN5. The van der Waals surface area contributed by atoms with Crippen LogP contribution in [0, 0.1) is 12.3 Å². The number of nitrogens with one attached hydrogen (secondary N) is 1. The maximum atomic E-state index is 7.43. The largest absolute Gasteiger partial charge is 0.388 e. The van der Waals surface area contributed by atoms with Crippen molar-refractivity contribution in [2.75, 3.05) is 11.4 Å². The second kappa shape index (κ2) is 7.17. The number of nitrogens with two attached hydrogens (primary N) is 1. The van der Waals surface area contributed by atoms with Crippen LogP contribution in [0.5, 0.6) is 0 Å². The molecule has 0 saturated heterocycles. The van der Waals surface area contributed by atoms with E-state index < -0.39 is 0 Å². The fourth-order valence-electron chi connectivity index (χ4n) is 1.97. The molecule has 0 spiro atoms. The van der Waals surface area contributed by atoms with Crippen molar-refractivity contribution in [3.63, 3.8) is 0 Å². The Labute approximate surface area is 132 Å². The van der Waals surface area contributed by atoms with E-state index >= 15 is 0 Å². The molecule has 0 aromatic carbocycles. The average Bonchev–Trinajstić information content (AvgIpc) is 2.47. The topological polar surface area (TPSA) is 78.9 Å². The summed E-state index contributed by atoms with van der Waals surface area (Å²) in [6.45, 7) is 3.35. The second-order valence-electron chi connectivity index (χ2n) is 4.82. The van der Waals surface area contributed by atoms with Crippen LogP contribution in [0.3, 0.4) is 0 Å². The minimum absolute atomic E-state index is 0.176. The summed E-state index contributed by atoms with van der Waals surface area (Å²) in [4.78, 5) is 10.7. The number of rotatable bonds is 6. The molecule has 0 radical (unpaired) electrons. The third-order valence-electron chi connectivity index (χ3n) is 3.11. The summed E-state index contributed by atoms with van der Waals surface area (Å²) in [7, 11) is 0. The summed E-state index contributed by atoms with van der Waals surface area (Å²) >= 11 is 3.60. The molecule has 0 aliphatic heterocycles. The van der Waals surface area contributed by atoms with Gasteiger partial charge in [0.1, 0.15) is 5.82 Å². The standard InChI is InChI=1S/C15H18BrN5/c1-11-4-7-20-15(14(11)16)21(8-5-13(17)18)10-12-3-2-6-19-9-12/h2-4,6-7,9H,5,8,10H2,1H3,(H3,17,18). The van der Waals surface area contributed by atoms with Crippen molar-refractivity contribution in [2.24, 2.45) is 5.73 Å². The van der Waals surface area contributed by atoms with Crippen LogP contribution in [0.2, 0.25) is 0 Å². The molecule has 110 valence electrons. The molecule has 0 saturated carbocycles. The van der Waals surface area contributed by atoms with Crippen LogP contribution in [-0.4, -0.2) is 22.3 Å². The Morgan fingerprint density at radius 1 is 1.38 bits per heavy atom. The molecule has 2 aromatic heterocycles. The lowest BCUT2D eigenvalue weighted by Crippen LogP contribution is -2.28. The summed E-state index contributed by atoms with van der Waals surface area (Å²) in [6.07, 6.45) is 5.89. The van der Waals surface area contributed by atoms with E-state index in [1.54, 1.807) is 12.4 Å². The Morgan fingerprint density at radius 2 is 2.19 bits per heavy atom. The molecule has 5 nitrogen and oxygen atoms in total. The number of aryl methyl sites for hydroxylation is 1. The molecule has 0 aliphatic rings. The predicted molar refractivity (Wildman–Crippen MR) is 88.5 cm³/mol. The zero-order valence-corrected chi connectivity index (χ0v) is 13.5. The van der Waals surface area contributed by atoms with E-state index in [4.69, 9.17) is 11.1 Å². The Morgan fingerprint density at radius 3 is 2.86 bits per heavy atom. The number of pyridine rings is 2. The maximum Gasteiger partial charge on any atom is 0.143 e. The van der Waals surface area contributed by atoms with Gasteiger partial charge in [-0.2, -0.15) is 0 Å². The van der Waals surface area contributed by atoms with Gasteiger partial charge in [0.25, 0.3) is 0 Å². The molecule has 2 heterocycles. The van der Waals surface area contributed by atoms with Crippen molar-refractivity contribution in [3.8, 4) is 0 Å². The van der Waals surface area contributed by atoms with Gasteiger partial charge in [-0.1, -0.05) is 6.07 Å². The van der Waals surface area contributed by atoms with E-state index in [2.05, 4.69) is 30.8 Å². The lowest BCUT2D eigenvalue weighted by molar-refractivity contribution is 0.780. The van der Waals surface area contributed by atoms with Gasteiger partial charge in [0.05, 0.1) is 10.3 Å². The number of hydrogen-bond acceptors (Lipinski definition) is 4. The second-order valence-corrected chi connectivity index (χ2v) is 5.62. The maximum absolute atomic E-state index is 7.43. The van der Waals surface area contributed by atoms with E-state index in [0.29, 0.717) is 19.5 Å². The van der Waals surface area contributed by atoms with Gasteiger partial charge in [-0.3, -0.25) is 10.4 Å². The summed E-state index contributed by atoms with van der Waals surface area (Å²) < 4.78 is 0.970. The molecule has 0 bridgehead atoms. The van der Waals surface area contributed by atoms with Gasteiger partial charge in [0, 0.05) is 38.1 Å². The molecule has 0 fully saturated rings. The first-order valence-electron chi connectivity index (χ1n) is 6.66. The number of anilines is 1. The quantitative estimate of drug-likeness (QED) is 0.622. The first-order valence-corrected chi connectivity index (χ1v) is 7.45. The number of nitrogens with zero attached hydrogens (tertiary/aromatic N) is 3. The third kappa shape index (κ3) is 4.26. The van der Waals surface area contributed by atoms with E-state index in [9.17, 15) is 0 Å². The van der Waals surface area contributed by atoms with E-state index in [-0.39, 0.29) is 5.84 Å².